The number of rotatable bonds is 3. The summed E-state index contributed by atoms with van der Waals surface area (Å²) >= 11 is 0. The summed E-state index contributed by atoms with van der Waals surface area (Å²) in [7, 11) is 0. The molecule has 4 heteroatoms. The van der Waals surface area contributed by atoms with Crippen LogP contribution in [0.2, 0.25) is 0 Å². The van der Waals surface area contributed by atoms with E-state index in [9.17, 15) is 4.79 Å². The Kier molecular flexibility index (Phi) is 3.48. The molecule has 1 saturated heterocycles. The number of hydrogen-bond acceptors (Lipinski definition) is 3. The highest BCUT2D eigenvalue weighted by Crippen LogP contribution is 2.26. The van der Waals surface area contributed by atoms with E-state index in [-0.39, 0.29) is 18.4 Å². The molecular weight excluding hydrogens is 252 g/mol. The van der Waals surface area contributed by atoms with E-state index >= 15 is 0 Å². The van der Waals surface area contributed by atoms with Gasteiger partial charge in [-0.2, -0.15) is 0 Å². The van der Waals surface area contributed by atoms with Gasteiger partial charge in [0.2, 0.25) is 5.91 Å². The fourth-order valence-corrected chi connectivity index (χ4v) is 2.50. The summed E-state index contributed by atoms with van der Waals surface area (Å²) in [4.78, 5) is 15.6. The van der Waals surface area contributed by atoms with Crippen LogP contribution in [-0.2, 0) is 11.4 Å². The molecule has 2 aromatic rings. The number of pyridine rings is 1. The fourth-order valence-electron chi connectivity index (χ4n) is 2.50. The van der Waals surface area contributed by atoms with Gasteiger partial charge in [-0.15, -0.1) is 0 Å². The summed E-state index contributed by atoms with van der Waals surface area (Å²) in [6.45, 7) is 0.736. The molecule has 1 amide bonds. The molecule has 1 fully saturated rings. The van der Waals surface area contributed by atoms with Gasteiger partial charge in [0.1, 0.15) is 0 Å². The lowest BCUT2D eigenvalue weighted by molar-refractivity contribution is -0.119. The Hall–Kier alpha value is -2.20. The number of nitrogens with zero attached hydrogens (tertiary/aromatic N) is 1. The summed E-state index contributed by atoms with van der Waals surface area (Å²) in [6, 6.07) is 11.8. The number of aliphatic hydroxyl groups excluding tert-OH is 1. The van der Waals surface area contributed by atoms with Crippen molar-refractivity contribution in [3.63, 3.8) is 0 Å². The molecule has 3 rings (SSSR count). The molecule has 2 N–H and O–H groups in total. The quantitative estimate of drug-likeness (QED) is 0.893. The van der Waals surface area contributed by atoms with E-state index in [1.807, 2.05) is 30.3 Å². The van der Waals surface area contributed by atoms with Crippen LogP contribution in [0.5, 0.6) is 0 Å². The van der Waals surface area contributed by atoms with Crippen LogP contribution < -0.4 is 5.32 Å². The van der Waals surface area contributed by atoms with Crippen LogP contribution in [0.4, 0.5) is 0 Å². The Balaban J connectivity index is 1.83. The second kappa shape index (κ2) is 5.43. The molecule has 0 spiro atoms. The molecule has 0 bridgehead atoms. The molecule has 0 aliphatic carbocycles. The number of carbonyl (C=O) groups is 1. The topological polar surface area (TPSA) is 62.2 Å². The number of carbonyl (C=O) groups excluding carboxylic acids is 1. The monoisotopic (exact) mass is 268 g/mol. The largest absolute Gasteiger partial charge is 0.392 e. The van der Waals surface area contributed by atoms with Crippen LogP contribution >= 0.6 is 0 Å². The number of aromatic nitrogens is 1. The Bertz CT molecular complexity index is 623. The van der Waals surface area contributed by atoms with Gasteiger partial charge in [0.15, 0.2) is 0 Å². The second-order valence-corrected chi connectivity index (χ2v) is 5.03. The van der Waals surface area contributed by atoms with E-state index in [1.54, 1.807) is 12.3 Å². The zero-order chi connectivity index (χ0) is 13.9. The Morgan fingerprint density at radius 1 is 1.25 bits per heavy atom. The molecule has 20 heavy (non-hydrogen) atoms. The number of nitrogens with one attached hydrogen (secondary N) is 1. The first-order valence-electron chi connectivity index (χ1n) is 6.69. The van der Waals surface area contributed by atoms with Crippen molar-refractivity contribution < 1.29 is 9.90 Å². The Morgan fingerprint density at radius 2 is 2.05 bits per heavy atom. The van der Waals surface area contributed by atoms with Crippen molar-refractivity contribution in [3.8, 4) is 11.3 Å². The van der Waals surface area contributed by atoms with Gasteiger partial charge in [0.25, 0.3) is 0 Å². The maximum atomic E-state index is 11.2. The van der Waals surface area contributed by atoms with Crippen molar-refractivity contribution in [2.24, 2.45) is 0 Å². The zero-order valence-electron chi connectivity index (χ0n) is 11.0. The lowest BCUT2D eigenvalue weighted by atomic mass is 9.96. The summed E-state index contributed by atoms with van der Waals surface area (Å²) < 4.78 is 0. The first kappa shape index (κ1) is 12.8. The lowest BCUT2D eigenvalue weighted by Gasteiger charge is -2.09. The molecule has 102 valence electrons. The standard InChI is InChI=1S/C16H16N2O2/c19-10-11-5-6-17-15(7-11)13-3-1-12(2-4-13)14-8-16(20)18-9-14/h1-7,14,19H,8-10H2,(H,18,20). The minimum absolute atomic E-state index is 0.0173. The van der Waals surface area contributed by atoms with Crippen molar-refractivity contribution in [2.45, 2.75) is 18.9 Å². The van der Waals surface area contributed by atoms with Gasteiger partial charge in [-0.1, -0.05) is 24.3 Å². The van der Waals surface area contributed by atoms with Crippen LogP contribution in [0.15, 0.2) is 42.6 Å². The maximum Gasteiger partial charge on any atom is 0.220 e. The van der Waals surface area contributed by atoms with Crippen molar-refractivity contribution in [2.75, 3.05) is 6.54 Å². The van der Waals surface area contributed by atoms with E-state index in [0.717, 1.165) is 23.4 Å². The van der Waals surface area contributed by atoms with Gasteiger partial charge in [0.05, 0.1) is 12.3 Å². The van der Waals surface area contributed by atoms with E-state index in [2.05, 4.69) is 10.3 Å². The summed E-state index contributed by atoms with van der Waals surface area (Å²) in [5.41, 5.74) is 3.89. The van der Waals surface area contributed by atoms with Gasteiger partial charge in [0, 0.05) is 30.6 Å². The number of aliphatic hydroxyl groups is 1. The van der Waals surface area contributed by atoms with Crippen LogP contribution in [0.25, 0.3) is 11.3 Å². The second-order valence-electron chi connectivity index (χ2n) is 5.03. The normalized spacial score (nSPS) is 18.1. The van der Waals surface area contributed by atoms with Gasteiger partial charge in [-0.3, -0.25) is 9.78 Å². The molecule has 1 aliphatic rings. The van der Waals surface area contributed by atoms with Crippen LogP contribution in [0.1, 0.15) is 23.5 Å². The molecule has 1 aliphatic heterocycles. The number of benzene rings is 1. The van der Waals surface area contributed by atoms with Gasteiger partial charge in [-0.05, 0) is 23.3 Å². The predicted molar refractivity (Wildman–Crippen MR) is 76.0 cm³/mol. The maximum absolute atomic E-state index is 11.2. The fraction of sp³-hybridized carbons (Fsp3) is 0.250. The van der Waals surface area contributed by atoms with Crippen molar-refractivity contribution in [3.05, 3.63) is 53.7 Å². The zero-order valence-corrected chi connectivity index (χ0v) is 11.0. The van der Waals surface area contributed by atoms with E-state index < -0.39 is 0 Å². The van der Waals surface area contributed by atoms with Crippen LogP contribution in [0, 0.1) is 0 Å². The molecule has 1 aromatic heterocycles. The SMILES string of the molecule is O=C1CC(c2ccc(-c3cc(CO)ccn3)cc2)CN1. The minimum Gasteiger partial charge on any atom is -0.392 e. The van der Waals surface area contributed by atoms with Gasteiger partial charge >= 0.3 is 0 Å². The molecule has 1 unspecified atom stereocenters. The number of hydrogen-bond donors (Lipinski definition) is 2. The average Bonchev–Trinajstić information content (AvgIpc) is 2.94. The van der Waals surface area contributed by atoms with E-state index in [4.69, 9.17) is 5.11 Å². The highest BCUT2D eigenvalue weighted by Gasteiger charge is 2.22. The minimum atomic E-state index is 0.0173. The predicted octanol–water partition coefficient (Wildman–Crippen LogP) is 1.84. The molecule has 1 aromatic carbocycles. The molecule has 0 radical (unpaired) electrons. The van der Waals surface area contributed by atoms with Gasteiger partial charge in [-0.25, -0.2) is 0 Å². The molecule has 1 atom stereocenters. The third-order valence-electron chi connectivity index (χ3n) is 3.66. The first-order chi connectivity index (χ1) is 9.76. The molecular formula is C16H16N2O2. The van der Waals surface area contributed by atoms with Crippen LogP contribution in [0.3, 0.4) is 0 Å². The Morgan fingerprint density at radius 3 is 2.70 bits per heavy atom. The third-order valence-corrected chi connectivity index (χ3v) is 3.66. The third kappa shape index (κ3) is 2.56. The van der Waals surface area contributed by atoms with Crippen molar-refractivity contribution >= 4 is 5.91 Å². The molecule has 2 heterocycles. The highest BCUT2D eigenvalue weighted by atomic mass is 16.3. The van der Waals surface area contributed by atoms with Crippen molar-refractivity contribution in [1.82, 2.24) is 10.3 Å². The van der Waals surface area contributed by atoms with Gasteiger partial charge < -0.3 is 10.4 Å². The summed E-state index contributed by atoms with van der Waals surface area (Å²) in [5.74, 6) is 0.393. The lowest BCUT2D eigenvalue weighted by Crippen LogP contribution is -2.13. The highest BCUT2D eigenvalue weighted by molar-refractivity contribution is 5.79. The van der Waals surface area contributed by atoms with E-state index in [0.29, 0.717) is 6.42 Å². The van der Waals surface area contributed by atoms with E-state index in [1.165, 1.54) is 5.56 Å². The molecule has 0 saturated carbocycles. The van der Waals surface area contributed by atoms with Crippen LogP contribution in [-0.4, -0.2) is 22.5 Å². The Labute approximate surface area is 117 Å². The first-order valence-corrected chi connectivity index (χ1v) is 6.69. The molecule has 4 nitrogen and oxygen atoms in total. The van der Waals surface area contributed by atoms with Crippen molar-refractivity contribution in [1.29, 1.82) is 0 Å². The summed E-state index contributed by atoms with van der Waals surface area (Å²) in [5, 5.41) is 12.0. The average molecular weight is 268 g/mol. The number of amides is 1. The smallest absolute Gasteiger partial charge is 0.220 e. The summed E-state index contributed by atoms with van der Waals surface area (Å²) in [6.07, 6.45) is 2.27.